The highest BCUT2D eigenvalue weighted by molar-refractivity contribution is 6.43. The summed E-state index contributed by atoms with van der Waals surface area (Å²) in [5.74, 6) is 0. The van der Waals surface area contributed by atoms with Gasteiger partial charge in [0, 0.05) is 11.1 Å². The Labute approximate surface area is 102 Å². The molecule has 16 heavy (non-hydrogen) atoms. The SMILES string of the molecule is CC(C)(C)c1[nH]c(=O)c([N+](=O)[O-])c(Cl)c1Cl. The monoisotopic (exact) mass is 264 g/mol. The number of aromatic amines is 1. The molecule has 88 valence electrons. The van der Waals surface area contributed by atoms with Gasteiger partial charge in [-0.05, 0) is 0 Å². The van der Waals surface area contributed by atoms with E-state index in [2.05, 4.69) is 4.98 Å². The lowest BCUT2D eigenvalue weighted by Gasteiger charge is -2.20. The van der Waals surface area contributed by atoms with Crippen molar-refractivity contribution < 1.29 is 4.92 Å². The summed E-state index contributed by atoms with van der Waals surface area (Å²) in [5, 5.41) is 10.3. The maximum absolute atomic E-state index is 11.5. The molecular weight excluding hydrogens is 255 g/mol. The highest BCUT2D eigenvalue weighted by atomic mass is 35.5. The van der Waals surface area contributed by atoms with E-state index in [-0.39, 0.29) is 10.0 Å². The van der Waals surface area contributed by atoms with Gasteiger partial charge >= 0.3 is 11.2 Å². The first-order chi connectivity index (χ1) is 7.16. The first kappa shape index (κ1) is 13.0. The molecule has 0 saturated carbocycles. The van der Waals surface area contributed by atoms with E-state index in [1.807, 2.05) is 20.8 Å². The standard InChI is InChI=1S/C9H10Cl2N2O3/c1-9(2,3)7-5(11)4(10)6(13(15)16)8(14)12-7/h1-3H3,(H,12,14). The van der Waals surface area contributed by atoms with E-state index < -0.39 is 21.6 Å². The third-order valence-electron chi connectivity index (χ3n) is 2.01. The van der Waals surface area contributed by atoms with Crippen molar-refractivity contribution >= 4 is 28.9 Å². The molecule has 0 fully saturated rings. The molecule has 0 saturated heterocycles. The molecule has 0 atom stereocenters. The summed E-state index contributed by atoms with van der Waals surface area (Å²) >= 11 is 11.6. The summed E-state index contributed by atoms with van der Waals surface area (Å²) in [6.07, 6.45) is 0. The summed E-state index contributed by atoms with van der Waals surface area (Å²) in [6, 6.07) is 0. The zero-order chi connectivity index (χ0) is 12.7. The maximum atomic E-state index is 11.5. The van der Waals surface area contributed by atoms with Crippen molar-refractivity contribution in [2.24, 2.45) is 0 Å². The van der Waals surface area contributed by atoms with E-state index in [1.165, 1.54) is 0 Å². The number of hydrogen-bond acceptors (Lipinski definition) is 3. The quantitative estimate of drug-likeness (QED) is 0.626. The zero-order valence-electron chi connectivity index (χ0n) is 8.93. The minimum Gasteiger partial charge on any atom is -0.318 e. The maximum Gasteiger partial charge on any atom is 0.353 e. The van der Waals surface area contributed by atoms with Crippen LogP contribution in [0.1, 0.15) is 26.5 Å². The molecule has 7 heteroatoms. The van der Waals surface area contributed by atoms with Crippen LogP contribution in [-0.4, -0.2) is 9.91 Å². The number of nitrogens with zero attached hydrogens (tertiary/aromatic N) is 1. The fourth-order valence-corrected chi connectivity index (χ4v) is 1.89. The molecule has 1 heterocycles. The number of rotatable bonds is 1. The predicted octanol–water partition coefficient (Wildman–Crippen LogP) is 2.89. The average molecular weight is 265 g/mol. The van der Waals surface area contributed by atoms with Crippen LogP contribution in [0.25, 0.3) is 0 Å². The molecule has 0 aliphatic heterocycles. The van der Waals surface area contributed by atoms with Gasteiger partial charge in [-0.3, -0.25) is 14.9 Å². The van der Waals surface area contributed by atoms with Crippen LogP contribution in [0.15, 0.2) is 4.79 Å². The fourth-order valence-electron chi connectivity index (χ4n) is 1.22. The Balaban J connectivity index is 3.65. The van der Waals surface area contributed by atoms with Crippen LogP contribution in [0, 0.1) is 10.1 Å². The van der Waals surface area contributed by atoms with E-state index in [9.17, 15) is 14.9 Å². The molecule has 0 amide bonds. The second-order valence-corrected chi connectivity index (χ2v) is 5.07. The summed E-state index contributed by atoms with van der Waals surface area (Å²) in [4.78, 5) is 23.6. The first-order valence-electron chi connectivity index (χ1n) is 4.42. The Morgan fingerprint density at radius 3 is 2.12 bits per heavy atom. The summed E-state index contributed by atoms with van der Waals surface area (Å²) in [6.45, 7) is 5.44. The van der Waals surface area contributed by atoms with E-state index in [4.69, 9.17) is 23.2 Å². The molecule has 0 unspecified atom stereocenters. The molecular formula is C9H10Cl2N2O3. The minimum absolute atomic E-state index is 0.0143. The molecule has 5 nitrogen and oxygen atoms in total. The van der Waals surface area contributed by atoms with E-state index in [0.717, 1.165) is 0 Å². The molecule has 1 N–H and O–H groups in total. The Morgan fingerprint density at radius 2 is 1.75 bits per heavy atom. The molecule has 0 spiro atoms. The van der Waals surface area contributed by atoms with Gasteiger partial charge in [-0.15, -0.1) is 0 Å². The Morgan fingerprint density at radius 1 is 1.25 bits per heavy atom. The lowest BCUT2D eigenvalue weighted by atomic mass is 9.91. The lowest BCUT2D eigenvalue weighted by molar-refractivity contribution is -0.386. The molecule has 0 aliphatic carbocycles. The number of pyridine rings is 1. The van der Waals surface area contributed by atoms with Crippen molar-refractivity contribution in [2.45, 2.75) is 26.2 Å². The summed E-state index contributed by atoms with van der Waals surface area (Å²) in [5.41, 5.74) is -1.63. The van der Waals surface area contributed by atoms with Gasteiger partial charge in [-0.25, -0.2) is 0 Å². The molecule has 0 radical (unpaired) electrons. The number of halogens is 2. The Kier molecular flexibility index (Phi) is 3.30. The van der Waals surface area contributed by atoms with Gasteiger partial charge in [0.05, 0.1) is 9.95 Å². The largest absolute Gasteiger partial charge is 0.353 e. The number of hydrogen-bond donors (Lipinski definition) is 1. The highest BCUT2D eigenvalue weighted by Crippen LogP contribution is 2.35. The molecule has 1 aromatic rings. The van der Waals surface area contributed by atoms with Crippen LogP contribution in [0.5, 0.6) is 0 Å². The van der Waals surface area contributed by atoms with Crippen LogP contribution in [-0.2, 0) is 5.41 Å². The molecule has 0 aromatic carbocycles. The predicted molar refractivity (Wildman–Crippen MR) is 62.4 cm³/mol. The van der Waals surface area contributed by atoms with Crippen molar-refractivity contribution in [1.29, 1.82) is 0 Å². The fraction of sp³-hybridized carbons (Fsp3) is 0.444. The van der Waals surface area contributed by atoms with Gasteiger partial charge in [0.1, 0.15) is 5.02 Å². The smallest absolute Gasteiger partial charge is 0.318 e. The summed E-state index contributed by atoms with van der Waals surface area (Å²) < 4.78 is 0. The third kappa shape index (κ3) is 2.20. The van der Waals surface area contributed by atoms with Crippen molar-refractivity contribution in [3.05, 3.63) is 36.2 Å². The number of nitro groups is 1. The van der Waals surface area contributed by atoms with Gasteiger partial charge in [-0.1, -0.05) is 44.0 Å². The van der Waals surface area contributed by atoms with Crippen LogP contribution in [0.4, 0.5) is 5.69 Å². The zero-order valence-corrected chi connectivity index (χ0v) is 10.4. The van der Waals surface area contributed by atoms with Gasteiger partial charge in [0.2, 0.25) is 0 Å². The summed E-state index contributed by atoms with van der Waals surface area (Å²) in [7, 11) is 0. The molecule has 1 aromatic heterocycles. The second-order valence-electron chi connectivity index (χ2n) is 4.31. The molecule has 0 bridgehead atoms. The van der Waals surface area contributed by atoms with Crippen LogP contribution in [0.3, 0.4) is 0 Å². The topological polar surface area (TPSA) is 76.0 Å². The van der Waals surface area contributed by atoms with Gasteiger partial charge in [0.15, 0.2) is 0 Å². The lowest BCUT2D eigenvalue weighted by Crippen LogP contribution is -2.22. The van der Waals surface area contributed by atoms with E-state index in [0.29, 0.717) is 5.69 Å². The normalized spacial score (nSPS) is 11.6. The van der Waals surface area contributed by atoms with Gasteiger partial charge < -0.3 is 4.98 Å². The minimum atomic E-state index is -0.848. The Bertz CT molecular complexity index is 503. The van der Waals surface area contributed by atoms with Crippen molar-refractivity contribution in [3.8, 4) is 0 Å². The first-order valence-corrected chi connectivity index (χ1v) is 5.18. The van der Waals surface area contributed by atoms with Crippen molar-refractivity contribution in [1.82, 2.24) is 4.98 Å². The van der Waals surface area contributed by atoms with Crippen LogP contribution >= 0.6 is 23.2 Å². The van der Waals surface area contributed by atoms with Crippen LogP contribution < -0.4 is 5.56 Å². The average Bonchev–Trinajstić information content (AvgIpc) is 2.09. The number of aromatic nitrogens is 1. The van der Waals surface area contributed by atoms with E-state index >= 15 is 0 Å². The van der Waals surface area contributed by atoms with E-state index in [1.54, 1.807) is 0 Å². The highest BCUT2D eigenvalue weighted by Gasteiger charge is 2.28. The number of H-pyrrole nitrogens is 1. The second kappa shape index (κ2) is 4.07. The van der Waals surface area contributed by atoms with Crippen LogP contribution in [0.2, 0.25) is 10.0 Å². The number of nitrogens with one attached hydrogen (secondary N) is 1. The molecule has 0 aliphatic rings. The van der Waals surface area contributed by atoms with Gasteiger partial charge in [0.25, 0.3) is 0 Å². The van der Waals surface area contributed by atoms with Crippen molar-refractivity contribution in [3.63, 3.8) is 0 Å². The van der Waals surface area contributed by atoms with Crippen molar-refractivity contribution in [2.75, 3.05) is 0 Å². The molecule has 1 rings (SSSR count). The third-order valence-corrected chi connectivity index (χ3v) is 2.85. The Hall–Kier alpha value is -1.07. The van der Waals surface area contributed by atoms with Gasteiger partial charge in [-0.2, -0.15) is 0 Å².